The maximum Gasteiger partial charge on any atom is 0.220 e. The zero-order valence-corrected chi connectivity index (χ0v) is 15.1. The average molecular weight is 354 g/mol. The molecule has 5 nitrogen and oxygen atoms in total. The van der Waals surface area contributed by atoms with Crippen LogP contribution in [-0.2, 0) is 17.8 Å². The van der Waals surface area contributed by atoms with Crippen LogP contribution in [0.2, 0.25) is 0 Å². The minimum absolute atomic E-state index is 0.0538. The Hall–Kier alpha value is -2.47. The van der Waals surface area contributed by atoms with Crippen LogP contribution in [0.4, 0.5) is 0 Å². The third-order valence-corrected chi connectivity index (χ3v) is 5.05. The number of thiophene rings is 1. The second kappa shape index (κ2) is 8.58. The Morgan fingerprint density at radius 1 is 1.28 bits per heavy atom. The fourth-order valence-electron chi connectivity index (χ4n) is 2.70. The van der Waals surface area contributed by atoms with E-state index in [0.29, 0.717) is 13.0 Å². The number of hydrogen-bond acceptors (Lipinski definition) is 4. The number of aromatic nitrogens is 3. The van der Waals surface area contributed by atoms with E-state index < -0.39 is 0 Å². The van der Waals surface area contributed by atoms with Gasteiger partial charge in [0.2, 0.25) is 5.91 Å². The summed E-state index contributed by atoms with van der Waals surface area (Å²) in [4.78, 5) is 17.5. The van der Waals surface area contributed by atoms with Crippen molar-refractivity contribution in [2.75, 3.05) is 0 Å². The Balaban J connectivity index is 1.64. The van der Waals surface area contributed by atoms with Gasteiger partial charge in [-0.2, -0.15) is 5.10 Å². The van der Waals surface area contributed by atoms with E-state index in [4.69, 9.17) is 0 Å². The van der Waals surface area contributed by atoms with Gasteiger partial charge in [0, 0.05) is 17.8 Å². The van der Waals surface area contributed by atoms with E-state index in [1.165, 1.54) is 11.9 Å². The lowest BCUT2D eigenvalue weighted by Gasteiger charge is -2.18. The van der Waals surface area contributed by atoms with Crippen molar-refractivity contribution >= 4 is 17.2 Å². The molecule has 25 heavy (non-hydrogen) atoms. The highest BCUT2D eigenvalue weighted by Crippen LogP contribution is 2.26. The summed E-state index contributed by atoms with van der Waals surface area (Å²) in [6, 6.07) is 12.5. The van der Waals surface area contributed by atoms with Gasteiger partial charge < -0.3 is 5.32 Å². The van der Waals surface area contributed by atoms with Crippen LogP contribution in [0.3, 0.4) is 0 Å². The smallest absolute Gasteiger partial charge is 0.220 e. The molecule has 0 aliphatic rings. The average Bonchev–Trinajstić information content (AvgIpc) is 3.34. The molecule has 2 heterocycles. The van der Waals surface area contributed by atoms with Gasteiger partial charge >= 0.3 is 0 Å². The van der Waals surface area contributed by atoms with Crippen molar-refractivity contribution in [2.45, 2.75) is 38.8 Å². The molecule has 3 aromatic rings. The van der Waals surface area contributed by atoms with Crippen LogP contribution >= 0.6 is 11.3 Å². The van der Waals surface area contributed by atoms with Gasteiger partial charge in [-0.25, -0.2) is 4.98 Å². The van der Waals surface area contributed by atoms with Crippen molar-refractivity contribution in [3.8, 4) is 0 Å². The van der Waals surface area contributed by atoms with Gasteiger partial charge in [-0.3, -0.25) is 9.48 Å². The van der Waals surface area contributed by atoms with E-state index in [2.05, 4.69) is 52.7 Å². The van der Waals surface area contributed by atoms with Crippen LogP contribution in [-0.4, -0.2) is 20.7 Å². The van der Waals surface area contributed by atoms with Gasteiger partial charge in [0.05, 0.1) is 6.04 Å². The second-order valence-corrected chi connectivity index (χ2v) is 6.85. The number of hydrogen-bond donors (Lipinski definition) is 1. The number of carbonyl (C=O) groups is 1. The third-order valence-electron chi connectivity index (χ3n) is 4.11. The van der Waals surface area contributed by atoms with Crippen LogP contribution in [0.1, 0.15) is 41.8 Å². The minimum Gasteiger partial charge on any atom is -0.344 e. The highest BCUT2D eigenvalue weighted by molar-refractivity contribution is 7.10. The highest BCUT2D eigenvalue weighted by atomic mass is 32.1. The van der Waals surface area contributed by atoms with Crippen LogP contribution in [0, 0.1) is 0 Å². The fraction of sp³-hybridized carbons (Fsp3) is 0.316. The predicted molar refractivity (Wildman–Crippen MR) is 99.4 cm³/mol. The number of nitrogens with zero attached hydrogens (tertiary/aromatic N) is 3. The lowest BCUT2D eigenvalue weighted by Crippen LogP contribution is -2.28. The molecular formula is C19H22N4OS. The SMILES string of the molecule is CCc1ccc([C@@H](NC(=O)CCCn2cncn2)c2cccs2)cc1. The number of rotatable bonds is 8. The summed E-state index contributed by atoms with van der Waals surface area (Å²) in [5, 5.41) is 9.27. The van der Waals surface area contributed by atoms with Crippen molar-refractivity contribution in [3.05, 3.63) is 70.4 Å². The van der Waals surface area contributed by atoms with E-state index in [9.17, 15) is 4.79 Å². The van der Waals surface area contributed by atoms with Gasteiger partial charge in [-0.15, -0.1) is 11.3 Å². The number of benzene rings is 1. The van der Waals surface area contributed by atoms with Gasteiger partial charge in [0.15, 0.2) is 0 Å². The van der Waals surface area contributed by atoms with E-state index in [1.807, 2.05) is 11.4 Å². The molecule has 1 aromatic carbocycles. The van der Waals surface area contributed by atoms with Gasteiger partial charge in [-0.1, -0.05) is 37.3 Å². The second-order valence-electron chi connectivity index (χ2n) is 5.87. The maximum atomic E-state index is 12.4. The molecule has 0 saturated carbocycles. The van der Waals surface area contributed by atoms with E-state index in [1.54, 1.807) is 22.3 Å². The first-order valence-electron chi connectivity index (χ1n) is 8.50. The van der Waals surface area contributed by atoms with Gasteiger partial charge in [0.1, 0.15) is 12.7 Å². The highest BCUT2D eigenvalue weighted by Gasteiger charge is 2.17. The molecule has 3 rings (SSSR count). The summed E-state index contributed by atoms with van der Waals surface area (Å²) < 4.78 is 1.74. The minimum atomic E-state index is -0.0928. The molecule has 0 radical (unpaired) electrons. The summed E-state index contributed by atoms with van der Waals surface area (Å²) in [5.41, 5.74) is 2.41. The first kappa shape index (κ1) is 17.4. The molecule has 6 heteroatoms. The van der Waals surface area contributed by atoms with E-state index in [-0.39, 0.29) is 11.9 Å². The van der Waals surface area contributed by atoms with Crippen molar-refractivity contribution in [3.63, 3.8) is 0 Å². The molecule has 0 saturated heterocycles. The topological polar surface area (TPSA) is 59.8 Å². The van der Waals surface area contributed by atoms with Crippen LogP contribution in [0.15, 0.2) is 54.4 Å². The lowest BCUT2D eigenvalue weighted by molar-refractivity contribution is -0.121. The van der Waals surface area contributed by atoms with Crippen molar-refractivity contribution in [2.24, 2.45) is 0 Å². The molecule has 2 aromatic heterocycles. The molecule has 130 valence electrons. The predicted octanol–water partition coefficient (Wildman–Crippen LogP) is 3.59. The molecule has 1 atom stereocenters. The number of carbonyl (C=O) groups excluding carboxylic acids is 1. The number of amides is 1. The Morgan fingerprint density at radius 3 is 2.76 bits per heavy atom. The Morgan fingerprint density at radius 2 is 2.12 bits per heavy atom. The first-order chi connectivity index (χ1) is 12.3. The Labute approximate surface area is 151 Å². The van der Waals surface area contributed by atoms with Gasteiger partial charge in [-0.05, 0) is 35.4 Å². The van der Waals surface area contributed by atoms with Crippen LogP contribution in [0.5, 0.6) is 0 Å². The fourth-order valence-corrected chi connectivity index (χ4v) is 3.51. The molecule has 0 fully saturated rings. The maximum absolute atomic E-state index is 12.4. The molecule has 1 amide bonds. The molecule has 0 aliphatic heterocycles. The molecule has 0 spiro atoms. The standard InChI is InChI=1S/C19H22N4OS/c1-2-15-7-9-16(10-8-15)19(17-5-4-12-25-17)22-18(24)6-3-11-23-14-20-13-21-23/h4-5,7-10,12-14,19H,2-3,6,11H2,1H3,(H,22,24)/t19-/m1/s1. The zero-order valence-electron chi connectivity index (χ0n) is 14.3. The quantitative estimate of drug-likeness (QED) is 0.672. The van der Waals surface area contributed by atoms with E-state index >= 15 is 0 Å². The zero-order chi connectivity index (χ0) is 17.5. The van der Waals surface area contributed by atoms with E-state index in [0.717, 1.165) is 23.3 Å². The van der Waals surface area contributed by atoms with Crippen molar-refractivity contribution in [1.29, 1.82) is 0 Å². The molecule has 0 aliphatic carbocycles. The molecular weight excluding hydrogens is 332 g/mol. The first-order valence-corrected chi connectivity index (χ1v) is 9.38. The summed E-state index contributed by atoms with van der Waals surface area (Å²) in [7, 11) is 0. The summed E-state index contributed by atoms with van der Waals surface area (Å²) in [5.74, 6) is 0.0538. The largest absolute Gasteiger partial charge is 0.344 e. The normalized spacial score (nSPS) is 12.0. The summed E-state index contributed by atoms with van der Waals surface area (Å²) >= 11 is 1.66. The Kier molecular flexibility index (Phi) is 5.95. The Bertz CT molecular complexity index is 766. The van der Waals surface area contributed by atoms with Gasteiger partial charge in [0.25, 0.3) is 0 Å². The van der Waals surface area contributed by atoms with Crippen molar-refractivity contribution < 1.29 is 4.79 Å². The number of nitrogens with one attached hydrogen (secondary N) is 1. The van der Waals surface area contributed by atoms with Crippen molar-refractivity contribution in [1.82, 2.24) is 20.1 Å². The summed E-state index contributed by atoms with van der Waals surface area (Å²) in [6.45, 7) is 2.84. The summed E-state index contributed by atoms with van der Waals surface area (Å²) in [6.07, 6.45) is 5.39. The lowest BCUT2D eigenvalue weighted by atomic mass is 10.0. The molecule has 1 N–H and O–H groups in total. The molecule has 0 unspecified atom stereocenters. The third kappa shape index (κ3) is 4.76. The molecule has 0 bridgehead atoms. The monoisotopic (exact) mass is 354 g/mol. The van der Waals surface area contributed by atoms with Crippen LogP contribution < -0.4 is 5.32 Å². The number of aryl methyl sites for hydroxylation is 2. The van der Waals surface area contributed by atoms with Crippen LogP contribution in [0.25, 0.3) is 0 Å².